The molecule has 0 spiro atoms. The fourth-order valence-electron chi connectivity index (χ4n) is 1.99. The molecule has 2 amide bonds. The number of rotatable bonds is 5. The second-order valence-electron chi connectivity index (χ2n) is 5.57. The average molecular weight is 438 g/mol. The van der Waals surface area contributed by atoms with Gasteiger partial charge in [-0.2, -0.15) is 8.78 Å². The van der Waals surface area contributed by atoms with Crippen molar-refractivity contribution in [1.29, 1.82) is 0 Å². The molecule has 0 heterocycles. The molecule has 0 fully saturated rings. The number of urea groups is 1. The Kier molecular flexibility index (Phi) is 4.83. The monoisotopic (exact) mass is 438 g/mol. The van der Waals surface area contributed by atoms with Crippen LogP contribution in [0.4, 0.5) is 53.2 Å². The van der Waals surface area contributed by atoms with E-state index in [0.29, 0.717) is 24.3 Å². The summed E-state index contributed by atoms with van der Waals surface area (Å²) in [6.45, 7) is 0. The Morgan fingerprint density at radius 1 is 0.786 bits per heavy atom. The van der Waals surface area contributed by atoms with Crippen LogP contribution in [-0.4, -0.2) is 12.5 Å². The zero-order valence-corrected chi connectivity index (χ0v) is 14.2. The predicted octanol–water partition coefficient (Wildman–Crippen LogP) is 7.34. The van der Waals surface area contributed by atoms with Crippen LogP contribution in [0.5, 0.6) is 0 Å². The first-order chi connectivity index (χ1) is 12.5. The van der Waals surface area contributed by atoms with E-state index < -0.39 is 39.1 Å². The van der Waals surface area contributed by atoms with Crippen LogP contribution in [0.3, 0.4) is 0 Å². The Labute approximate surface area is 152 Å². The number of nitrogens with one attached hydrogen (secondary N) is 2. The van der Waals surface area contributed by atoms with Crippen LogP contribution in [0.25, 0.3) is 0 Å². The molecule has 0 radical (unpaired) electrons. The molecule has 0 atom stereocenters. The first-order valence-electron chi connectivity index (χ1n) is 7.18. The van der Waals surface area contributed by atoms with Crippen LogP contribution in [0.2, 0.25) is 0 Å². The summed E-state index contributed by atoms with van der Waals surface area (Å²) in [5, 5.41) is 4.15. The quantitative estimate of drug-likeness (QED) is 0.471. The summed E-state index contributed by atoms with van der Waals surface area (Å²) < 4.78 is 114. The molecule has 0 unspecified atom stereocenters. The zero-order valence-electron chi connectivity index (χ0n) is 13.4. The van der Waals surface area contributed by atoms with Gasteiger partial charge in [-0.3, -0.25) is 0 Å². The van der Waals surface area contributed by atoms with Gasteiger partial charge in [0.25, 0.3) is 0 Å². The number of alkyl halides is 4. The van der Waals surface area contributed by atoms with E-state index in [1.807, 2.05) is 5.32 Å². The molecule has 3 nitrogen and oxygen atoms in total. The number of halogens is 9. The maximum atomic E-state index is 13.2. The van der Waals surface area contributed by atoms with E-state index in [0.717, 1.165) is 12.1 Å². The normalized spacial score (nSPS) is 14.9. The number of amides is 2. The molecule has 0 aromatic heterocycles. The summed E-state index contributed by atoms with van der Waals surface area (Å²) in [6.07, 6.45) is -3.93. The van der Waals surface area contributed by atoms with Gasteiger partial charge in [0.15, 0.2) is 0 Å². The lowest BCUT2D eigenvalue weighted by molar-refractivity contribution is -0.135. The summed E-state index contributed by atoms with van der Waals surface area (Å²) in [5.41, 5.74) is -1.33. The molecular formula is C15H11F9N2OS. The van der Waals surface area contributed by atoms with Crippen molar-refractivity contribution in [2.45, 2.75) is 17.2 Å². The number of anilines is 2. The Balaban J connectivity index is 2.05. The van der Waals surface area contributed by atoms with E-state index in [2.05, 4.69) is 5.32 Å². The smallest absolute Gasteiger partial charge is 0.308 e. The zero-order chi connectivity index (χ0) is 21.4. The lowest BCUT2D eigenvalue weighted by atomic mass is 10.1. The molecule has 2 aromatic carbocycles. The molecule has 2 rings (SSSR count). The first kappa shape index (κ1) is 21.7. The number of carbonyl (C=O) groups excluding carboxylic acids is 1. The van der Waals surface area contributed by atoms with Crippen molar-refractivity contribution in [2.24, 2.45) is 0 Å². The second kappa shape index (κ2) is 6.22. The van der Waals surface area contributed by atoms with Crippen molar-refractivity contribution >= 4 is 27.6 Å². The van der Waals surface area contributed by atoms with Crippen LogP contribution >= 0.6 is 10.2 Å². The number of carbonyl (C=O) groups is 1. The largest absolute Gasteiger partial charge is 0.332 e. The van der Waals surface area contributed by atoms with Crippen LogP contribution < -0.4 is 10.6 Å². The van der Waals surface area contributed by atoms with Crippen molar-refractivity contribution < 1.29 is 41.8 Å². The van der Waals surface area contributed by atoms with E-state index in [1.165, 1.54) is 0 Å². The third-order valence-electron chi connectivity index (χ3n) is 3.36. The molecular weight excluding hydrogens is 427 g/mol. The molecule has 0 aliphatic rings. The highest BCUT2D eigenvalue weighted by Gasteiger charge is 2.65. The highest BCUT2D eigenvalue weighted by atomic mass is 32.5. The summed E-state index contributed by atoms with van der Waals surface area (Å²) in [6, 6.07) is 3.48. The van der Waals surface area contributed by atoms with E-state index >= 15 is 0 Å². The molecule has 156 valence electrons. The van der Waals surface area contributed by atoms with Gasteiger partial charge in [0.2, 0.25) is 0 Å². The fraction of sp³-hybridized carbons (Fsp3) is 0.133. The van der Waals surface area contributed by atoms with Crippen molar-refractivity contribution in [3.05, 3.63) is 54.1 Å². The Hall–Kier alpha value is -2.57. The summed E-state index contributed by atoms with van der Waals surface area (Å²) >= 11 is 0. The lowest BCUT2D eigenvalue weighted by Gasteiger charge is -2.40. The standard InChI is InChI=1S/C15H11F9N2OS/c16-13(17)15(18,19)9-1-3-10(4-2-9)25-14(27)26-11-5-7-12(8-6-11)28(20,21,22,23)24/h1-8,13H,(H2,25,26,27). The van der Waals surface area contributed by atoms with Gasteiger partial charge in [0, 0.05) is 16.9 Å². The van der Waals surface area contributed by atoms with Crippen molar-refractivity contribution in [2.75, 3.05) is 10.6 Å². The van der Waals surface area contributed by atoms with Crippen molar-refractivity contribution in [3.8, 4) is 0 Å². The van der Waals surface area contributed by atoms with Crippen LogP contribution in [0.15, 0.2) is 53.4 Å². The molecule has 0 bridgehead atoms. The topological polar surface area (TPSA) is 41.1 Å². The van der Waals surface area contributed by atoms with Gasteiger partial charge in [-0.05, 0) is 36.4 Å². The molecule has 0 aliphatic carbocycles. The SMILES string of the molecule is O=C(Nc1ccc(C(F)(F)C(F)F)cc1)Nc1ccc(S(F)(F)(F)(F)F)cc1. The molecule has 13 heteroatoms. The van der Waals surface area contributed by atoms with Gasteiger partial charge in [0.1, 0.15) is 4.90 Å². The van der Waals surface area contributed by atoms with Gasteiger partial charge in [-0.15, -0.1) is 0 Å². The molecule has 28 heavy (non-hydrogen) atoms. The summed E-state index contributed by atoms with van der Waals surface area (Å²) in [7, 11) is -9.84. The van der Waals surface area contributed by atoms with Crippen LogP contribution in [0.1, 0.15) is 5.56 Å². The number of hydrogen-bond donors (Lipinski definition) is 2. The third-order valence-corrected chi connectivity index (χ3v) is 4.52. The summed E-state index contributed by atoms with van der Waals surface area (Å²) in [4.78, 5) is 9.59. The van der Waals surface area contributed by atoms with Gasteiger partial charge < -0.3 is 10.6 Å². The Morgan fingerprint density at radius 3 is 1.54 bits per heavy atom. The number of benzene rings is 2. The average Bonchev–Trinajstić information content (AvgIpc) is 2.53. The Morgan fingerprint density at radius 2 is 1.18 bits per heavy atom. The molecule has 2 aromatic rings. The maximum absolute atomic E-state index is 13.2. The molecule has 0 saturated heterocycles. The van der Waals surface area contributed by atoms with E-state index in [4.69, 9.17) is 0 Å². The minimum Gasteiger partial charge on any atom is -0.308 e. The van der Waals surface area contributed by atoms with Gasteiger partial charge >= 0.3 is 28.6 Å². The third kappa shape index (κ3) is 5.24. The van der Waals surface area contributed by atoms with Gasteiger partial charge in [-0.1, -0.05) is 31.6 Å². The summed E-state index contributed by atoms with van der Waals surface area (Å²) in [5.74, 6) is -4.38. The van der Waals surface area contributed by atoms with E-state index in [-0.39, 0.29) is 23.5 Å². The number of hydrogen-bond acceptors (Lipinski definition) is 1. The van der Waals surface area contributed by atoms with Crippen molar-refractivity contribution in [1.82, 2.24) is 0 Å². The maximum Gasteiger partial charge on any atom is 0.332 e. The fourth-order valence-corrected chi connectivity index (χ4v) is 2.64. The Bertz CT molecular complexity index is 866. The highest BCUT2D eigenvalue weighted by Crippen LogP contribution is 3.02. The lowest BCUT2D eigenvalue weighted by Crippen LogP contribution is -2.23. The minimum absolute atomic E-state index is 0.0880. The second-order valence-corrected chi connectivity index (χ2v) is 7.98. The van der Waals surface area contributed by atoms with E-state index in [9.17, 15) is 41.8 Å². The molecule has 2 N–H and O–H groups in total. The van der Waals surface area contributed by atoms with Gasteiger partial charge in [0.05, 0.1) is 0 Å². The van der Waals surface area contributed by atoms with Gasteiger partial charge in [-0.25, -0.2) is 13.6 Å². The molecule has 0 saturated carbocycles. The van der Waals surface area contributed by atoms with E-state index in [1.54, 1.807) is 0 Å². The van der Waals surface area contributed by atoms with Crippen LogP contribution in [-0.2, 0) is 5.92 Å². The highest BCUT2D eigenvalue weighted by molar-refractivity contribution is 8.45. The minimum atomic E-state index is -9.84. The first-order valence-corrected chi connectivity index (χ1v) is 9.13. The van der Waals surface area contributed by atoms with Crippen LogP contribution in [0, 0.1) is 0 Å². The predicted molar refractivity (Wildman–Crippen MR) is 86.8 cm³/mol. The molecule has 0 aliphatic heterocycles. The van der Waals surface area contributed by atoms with Crippen molar-refractivity contribution in [3.63, 3.8) is 0 Å².